The first-order valence-corrected chi connectivity index (χ1v) is 25.0. The number of fused-ring (bicyclic) bond motifs is 12. The van der Waals surface area contributed by atoms with Crippen LogP contribution in [0.25, 0.3) is 55.6 Å². The molecule has 0 aliphatic heterocycles. The van der Waals surface area contributed by atoms with Gasteiger partial charge in [-0.2, -0.15) is 0 Å². The van der Waals surface area contributed by atoms with E-state index in [1.165, 1.54) is 144 Å². The van der Waals surface area contributed by atoms with Crippen LogP contribution in [0.1, 0.15) is 97.9 Å². The van der Waals surface area contributed by atoms with Crippen molar-refractivity contribution in [3.8, 4) is 55.6 Å². The highest BCUT2D eigenvalue weighted by Gasteiger charge is 2.52. The predicted molar refractivity (Wildman–Crippen MR) is 286 cm³/mol. The molecule has 0 saturated carbocycles. The summed E-state index contributed by atoms with van der Waals surface area (Å²) in [6, 6.07) is 76.7. The van der Waals surface area contributed by atoms with Crippen molar-refractivity contribution in [3.05, 3.63) is 245 Å². The average molecular weight is 876 g/mol. The molecule has 68 heavy (non-hydrogen) atoms. The summed E-state index contributed by atoms with van der Waals surface area (Å²) in [5.74, 6) is 0. The number of anilines is 3. The van der Waals surface area contributed by atoms with E-state index < -0.39 is 5.41 Å². The highest BCUT2D eigenvalue weighted by Crippen LogP contribution is 2.64. The second kappa shape index (κ2) is 15.4. The van der Waals surface area contributed by atoms with E-state index >= 15 is 0 Å². The van der Waals surface area contributed by atoms with Gasteiger partial charge in [0.2, 0.25) is 0 Å². The van der Waals surface area contributed by atoms with Gasteiger partial charge in [0.15, 0.2) is 0 Å². The molecule has 0 unspecified atom stereocenters. The molecule has 330 valence electrons. The summed E-state index contributed by atoms with van der Waals surface area (Å²) in [6.07, 6.45) is 7.33. The van der Waals surface area contributed by atoms with Crippen LogP contribution in [0.2, 0.25) is 0 Å². The maximum absolute atomic E-state index is 2.57. The van der Waals surface area contributed by atoms with Crippen LogP contribution in [0.5, 0.6) is 0 Å². The third-order valence-corrected chi connectivity index (χ3v) is 16.5. The van der Waals surface area contributed by atoms with E-state index in [0.717, 1.165) is 11.4 Å². The van der Waals surface area contributed by atoms with Crippen LogP contribution in [0.15, 0.2) is 200 Å². The Hall–Kier alpha value is -7.22. The molecule has 0 amide bonds. The molecule has 4 aliphatic carbocycles. The van der Waals surface area contributed by atoms with Gasteiger partial charge in [-0.05, 0) is 180 Å². The molecule has 0 saturated heterocycles. The standard InChI is InChI=1S/C67H57N/c1-65(2)39-40-66(3,4)64-52(24-16-28-61(64)65)46-35-37-51(38-36-46)68(50-19-6-5-7-20-50)63-43-62-57(42-56(63)47-32-29-45(30-33-47)49-34-31-44-17-8-9-18-48(44)41-49)55-23-12-15-27-60(55)67(62)58-25-13-10-21-53(58)54-22-11-14-26-59(54)67/h5-7,10-16,19-38,41-43H,8-9,17-18,39-40H2,1-4H3. The van der Waals surface area contributed by atoms with Crippen LogP contribution in [-0.4, -0.2) is 0 Å². The Balaban J connectivity index is 1.04. The lowest BCUT2D eigenvalue weighted by molar-refractivity contribution is 0.333. The lowest BCUT2D eigenvalue weighted by atomic mass is 9.61. The molecular weight excluding hydrogens is 819 g/mol. The van der Waals surface area contributed by atoms with Crippen LogP contribution < -0.4 is 4.90 Å². The summed E-state index contributed by atoms with van der Waals surface area (Å²) in [6.45, 7) is 9.73. The maximum Gasteiger partial charge on any atom is 0.0726 e. The van der Waals surface area contributed by atoms with E-state index in [0.29, 0.717) is 0 Å². The SMILES string of the molecule is CC1(C)CCC(C)(C)c2c(-c3ccc(N(c4ccccc4)c4cc5c(cc4-c4ccc(-c6ccc7c(c6)CCCC7)cc4)-c4ccccc4C54c5ccccc5-c5ccccc54)cc3)cccc21. The Kier molecular flexibility index (Phi) is 9.29. The van der Waals surface area contributed by atoms with Gasteiger partial charge >= 0.3 is 0 Å². The van der Waals surface area contributed by atoms with Gasteiger partial charge in [0.1, 0.15) is 0 Å². The van der Waals surface area contributed by atoms with Gasteiger partial charge in [-0.3, -0.25) is 0 Å². The zero-order valence-electron chi connectivity index (χ0n) is 39.7. The summed E-state index contributed by atoms with van der Waals surface area (Å²) >= 11 is 0. The first kappa shape index (κ1) is 41.0. The summed E-state index contributed by atoms with van der Waals surface area (Å²) in [5, 5.41) is 0. The summed E-state index contributed by atoms with van der Waals surface area (Å²) < 4.78 is 0. The highest BCUT2D eigenvalue weighted by atomic mass is 15.1. The van der Waals surface area contributed by atoms with E-state index in [1.807, 2.05) is 0 Å². The van der Waals surface area contributed by atoms with Crippen molar-refractivity contribution in [1.82, 2.24) is 0 Å². The van der Waals surface area contributed by atoms with Crippen molar-refractivity contribution in [2.45, 2.75) is 82.5 Å². The molecule has 0 radical (unpaired) electrons. The molecule has 13 rings (SSSR count). The quantitative estimate of drug-likeness (QED) is 0.161. The molecule has 9 aromatic rings. The molecule has 0 fully saturated rings. The van der Waals surface area contributed by atoms with Crippen molar-refractivity contribution >= 4 is 17.1 Å². The van der Waals surface area contributed by atoms with Gasteiger partial charge in [0, 0.05) is 16.9 Å². The van der Waals surface area contributed by atoms with E-state index in [-0.39, 0.29) is 10.8 Å². The van der Waals surface area contributed by atoms with Gasteiger partial charge in [-0.1, -0.05) is 191 Å². The molecule has 1 heteroatoms. The number of aryl methyl sites for hydroxylation is 2. The minimum atomic E-state index is -0.470. The number of benzene rings is 9. The molecule has 1 spiro atoms. The monoisotopic (exact) mass is 875 g/mol. The summed E-state index contributed by atoms with van der Waals surface area (Å²) in [5.41, 5.74) is 27.5. The van der Waals surface area contributed by atoms with Gasteiger partial charge < -0.3 is 4.90 Å². The fourth-order valence-electron chi connectivity index (χ4n) is 13.1. The van der Waals surface area contributed by atoms with Crippen molar-refractivity contribution in [2.75, 3.05) is 4.90 Å². The first-order chi connectivity index (χ1) is 33.2. The number of hydrogen-bond acceptors (Lipinski definition) is 1. The Morgan fingerprint density at radius 1 is 0.338 bits per heavy atom. The van der Waals surface area contributed by atoms with Crippen LogP contribution in [0, 0.1) is 0 Å². The smallest absolute Gasteiger partial charge is 0.0726 e. The minimum absolute atomic E-state index is 0.0932. The Morgan fingerprint density at radius 2 is 0.838 bits per heavy atom. The molecule has 0 heterocycles. The van der Waals surface area contributed by atoms with E-state index in [4.69, 9.17) is 0 Å². The average Bonchev–Trinajstić information content (AvgIpc) is 3.85. The largest absolute Gasteiger partial charge is 0.310 e. The van der Waals surface area contributed by atoms with Crippen LogP contribution in [-0.2, 0) is 29.1 Å². The minimum Gasteiger partial charge on any atom is -0.310 e. The van der Waals surface area contributed by atoms with E-state index in [9.17, 15) is 0 Å². The molecule has 0 aromatic heterocycles. The van der Waals surface area contributed by atoms with Crippen molar-refractivity contribution < 1.29 is 0 Å². The van der Waals surface area contributed by atoms with Gasteiger partial charge in [-0.25, -0.2) is 0 Å². The third-order valence-electron chi connectivity index (χ3n) is 16.5. The first-order valence-electron chi connectivity index (χ1n) is 25.0. The Labute approximate surface area is 402 Å². The van der Waals surface area contributed by atoms with Crippen LogP contribution in [0.4, 0.5) is 17.1 Å². The number of rotatable bonds is 6. The maximum atomic E-state index is 2.57. The Morgan fingerprint density at radius 3 is 1.51 bits per heavy atom. The third kappa shape index (κ3) is 6.14. The van der Waals surface area contributed by atoms with Crippen LogP contribution in [0.3, 0.4) is 0 Å². The lowest BCUT2D eigenvalue weighted by Gasteiger charge is -2.43. The Bertz CT molecular complexity index is 3390. The summed E-state index contributed by atoms with van der Waals surface area (Å²) in [7, 11) is 0. The second-order valence-corrected chi connectivity index (χ2v) is 21.3. The van der Waals surface area contributed by atoms with Crippen LogP contribution >= 0.6 is 0 Å². The fraction of sp³-hybridized carbons (Fsp3) is 0.194. The van der Waals surface area contributed by atoms with Crippen molar-refractivity contribution in [2.24, 2.45) is 0 Å². The molecule has 9 aromatic carbocycles. The fourth-order valence-corrected chi connectivity index (χ4v) is 13.1. The summed E-state index contributed by atoms with van der Waals surface area (Å²) in [4.78, 5) is 2.52. The van der Waals surface area contributed by atoms with Gasteiger partial charge in [0.25, 0.3) is 0 Å². The molecule has 0 N–H and O–H groups in total. The molecular formula is C67H57N. The number of para-hydroxylation sites is 1. The molecule has 0 atom stereocenters. The zero-order chi connectivity index (χ0) is 45.8. The molecule has 1 nitrogen and oxygen atoms in total. The van der Waals surface area contributed by atoms with Crippen molar-refractivity contribution in [1.29, 1.82) is 0 Å². The van der Waals surface area contributed by atoms with E-state index in [2.05, 4.69) is 233 Å². The second-order valence-electron chi connectivity index (χ2n) is 21.3. The zero-order valence-corrected chi connectivity index (χ0v) is 39.7. The number of hydrogen-bond donors (Lipinski definition) is 0. The molecule has 4 aliphatic rings. The topological polar surface area (TPSA) is 3.24 Å². The normalized spacial score (nSPS) is 16.2. The number of nitrogens with zero attached hydrogens (tertiary/aromatic N) is 1. The van der Waals surface area contributed by atoms with Crippen molar-refractivity contribution in [3.63, 3.8) is 0 Å². The van der Waals surface area contributed by atoms with Gasteiger partial charge in [-0.15, -0.1) is 0 Å². The highest BCUT2D eigenvalue weighted by molar-refractivity contribution is 6.00. The lowest BCUT2D eigenvalue weighted by Crippen LogP contribution is -2.34. The molecule has 0 bridgehead atoms. The predicted octanol–water partition coefficient (Wildman–Crippen LogP) is 17.7. The van der Waals surface area contributed by atoms with E-state index in [1.54, 1.807) is 0 Å². The van der Waals surface area contributed by atoms with Gasteiger partial charge in [0.05, 0.1) is 11.1 Å².